The molecule has 10 heteroatoms. The molecule has 0 saturated heterocycles. The lowest BCUT2D eigenvalue weighted by molar-refractivity contribution is -0.192. The summed E-state index contributed by atoms with van der Waals surface area (Å²) >= 11 is 0. The van der Waals surface area contributed by atoms with Gasteiger partial charge in [-0.1, -0.05) is 30.3 Å². The quantitative estimate of drug-likeness (QED) is 0.494. The molecule has 0 atom stereocenters. The van der Waals surface area contributed by atoms with Gasteiger partial charge in [0.2, 0.25) is 0 Å². The van der Waals surface area contributed by atoms with Crippen molar-refractivity contribution in [3.8, 4) is 5.69 Å². The highest BCUT2D eigenvalue weighted by molar-refractivity contribution is 5.94. The molecule has 0 radical (unpaired) electrons. The lowest BCUT2D eigenvalue weighted by Gasteiger charge is -2.17. The van der Waals surface area contributed by atoms with E-state index in [1.807, 2.05) is 72.9 Å². The van der Waals surface area contributed by atoms with Crippen molar-refractivity contribution in [3.63, 3.8) is 0 Å². The number of para-hydroxylation sites is 1. The monoisotopic (exact) mass is 456 g/mol. The molecule has 4 aromatic rings. The van der Waals surface area contributed by atoms with Gasteiger partial charge in [-0.15, -0.1) is 0 Å². The third-order valence-corrected chi connectivity index (χ3v) is 4.51. The van der Waals surface area contributed by atoms with Crippen LogP contribution in [-0.2, 0) is 11.3 Å². The molecule has 2 heterocycles. The molecule has 33 heavy (non-hydrogen) atoms. The number of carboxylic acid groups (broad SMARTS) is 1. The molecule has 2 aromatic heterocycles. The Labute approximate surface area is 186 Å². The first-order valence-electron chi connectivity index (χ1n) is 9.65. The van der Waals surface area contributed by atoms with Crippen LogP contribution in [0.1, 0.15) is 16.1 Å². The Morgan fingerprint density at radius 2 is 1.76 bits per heavy atom. The van der Waals surface area contributed by atoms with Gasteiger partial charge in [-0.05, 0) is 36.4 Å². The van der Waals surface area contributed by atoms with Gasteiger partial charge in [-0.3, -0.25) is 9.78 Å². The standard InChI is InChI=1S/C21H18N4O.C2HF3O2/c1-24(15-18-11-10-16-6-2-3-9-20(16)23-18)21(26)17-7-4-8-19(14-17)25-13-5-12-22-25;3-2(4,5)1(6)7/h2-14H,15H2,1H3;(H,6,7). The molecule has 0 unspecified atom stereocenters. The van der Waals surface area contributed by atoms with Crippen molar-refractivity contribution >= 4 is 22.8 Å². The maximum Gasteiger partial charge on any atom is 0.490 e. The van der Waals surface area contributed by atoms with Gasteiger partial charge in [-0.2, -0.15) is 18.3 Å². The number of pyridine rings is 1. The van der Waals surface area contributed by atoms with Crippen LogP contribution in [0.5, 0.6) is 0 Å². The van der Waals surface area contributed by atoms with E-state index >= 15 is 0 Å². The maximum atomic E-state index is 12.8. The molecular formula is C23H19F3N4O3. The second-order valence-electron chi connectivity index (χ2n) is 6.96. The van der Waals surface area contributed by atoms with Crippen molar-refractivity contribution in [1.82, 2.24) is 19.7 Å². The van der Waals surface area contributed by atoms with Crippen LogP contribution >= 0.6 is 0 Å². The van der Waals surface area contributed by atoms with Gasteiger partial charge in [-0.25, -0.2) is 9.48 Å². The molecule has 0 aliphatic rings. The van der Waals surface area contributed by atoms with E-state index in [0.29, 0.717) is 12.1 Å². The van der Waals surface area contributed by atoms with Crippen molar-refractivity contribution in [2.24, 2.45) is 0 Å². The van der Waals surface area contributed by atoms with Gasteiger partial charge in [0, 0.05) is 30.4 Å². The van der Waals surface area contributed by atoms with Crippen LogP contribution in [0.2, 0.25) is 0 Å². The number of carbonyl (C=O) groups is 2. The predicted molar refractivity (Wildman–Crippen MR) is 115 cm³/mol. The van der Waals surface area contributed by atoms with Crippen LogP contribution < -0.4 is 0 Å². The molecule has 7 nitrogen and oxygen atoms in total. The number of fused-ring (bicyclic) bond motifs is 1. The fourth-order valence-corrected chi connectivity index (χ4v) is 2.93. The van der Waals surface area contributed by atoms with E-state index in [0.717, 1.165) is 22.3 Å². The Morgan fingerprint density at radius 1 is 1.03 bits per heavy atom. The Hall–Kier alpha value is -4.21. The highest BCUT2D eigenvalue weighted by Gasteiger charge is 2.38. The third kappa shape index (κ3) is 6.16. The summed E-state index contributed by atoms with van der Waals surface area (Å²) in [7, 11) is 1.79. The number of halogens is 3. The molecule has 170 valence electrons. The first-order valence-corrected chi connectivity index (χ1v) is 9.65. The zero-order valence-corrected chi connectivity index (χ0v) is 17.4. The number of aromatic nitrogens is 3. The van der Waals surface area contributed by atoms with Gasteiger partial charge in [0.1, 0.15) is 0 Å². The number of carboxylic acids is 1. The fourth-order valence-electron chi connectivity index (χ4n) is 2.93. The van der Waals surface area contributed by atoms with E-state index < -0.39 is 12.1 Å². The van der Waals surface area contributed by atoms with Crippen LogP contribution in [0.25, 0.3) is 16.6 Å². The fraction of sp³-hybridized carbons (Fsp3) is 0.130. The molecule has 1 amide bonds. The molecule has 0 spiro atoms. The summed E-state index contributed by atoms with van der Waals surface area (Å²) in [5.74, 6) is -2.80. The summed E-state index contributed by atoms with van der Waals surface area (Å²) in [5, 5.41) is 12.4. The first-order chi connectivity index (χ1) is 15.6. The van der Waals surface area contributed by atoms with Crippen LogP contribution in [0.4, 0.5) is 13.2 Å². The van der Waals surface area contributed by atoms with E-state index in [1.165, 1.54) is 0 Å². The van der Waals surface area contributed by atoms with Crippen molar-refractivity contribution in [2.75, 3.05) is 7.05 Å². The number of carbonyl (C=O) groups excluding carboxylic acids is 1. The second-order valence-corrected chi connectivity index (χ2v) is 6.96. The molecule has 2 aromatic carbocycles. The first kappa shape index (κ1) is 23.5. The summed E-state index contributed by atoms with van der Waals surface area (Å²) in [4.78, 5) is 28.0. The van der Waals surface area contributed by atoms with Gasteiger partial charge in [0.25, 0.3) is 5.91 Å². The Balaban J connectivity index is 0.000000383. The normalized spacial score (nSPS) is 10.9. The molecule has 1 N–H and O–H groups in total. The van der Waals surface area contributed by atoms with Gasteiger partial charge < -0.3 is 10.0 Å². The number of nitrogens with zero attached hydrogens (tertiary/aromatic N) is 4. The number of amides is 1. The maximum absolute atomic E-state index is 12.8. The number of hydrogen-bond donors (Lipinski definition) is 1. The van der Waals surface area contributed by atoms with E-state index in [2.05, 4.69) is 10.1 Å². The molecule has 0 bridgehead atoms. The van der Waals surface area contributed by atoms with Crippen molar-refractivity contribution < 1.29 is 27.9 Å². The van der Waals surface area contributed by atoms with E-state index in [9.17, 15) is 18.0 Å². The number of aliphatic carboxylic acids is 1. The molecule has 4 rings (SSSR count). The predicted octanol–water partition coefficient (Wildman–Crippen LogP) is 4.33. The number of alkyl halides is 3. The highest BCUT2D eigenvalue weighted by Crippen LogP contribution is 2.15. The summed E-state index contributed by atoms with van der Waals surface area (Å²) in [6.45, 7) is 0.454. The Morgan fingerprint density at radius 3 is 2.42 bits per heavy atom. The Bertz CT molecular complexity index is 1260. The van der Waals surface area contributed by atoms with Crippen LogP contribution in [0, 0.1) is 0 Å². The number of hydrogen-bond acceptors (Lipinski definition) is 4. The Kier molecular flexibility index (Phi) is 7.07. The van der Waals surface area contributed by atoms with E-state index in [4.69, 9.17) is 9.90 Å². The smallest absolute Gasteiger partial charge is 0.475 e. The average Bonchev–Trinajstić information content (AvgIpc) is 3.33. The number of benzene rings is 2. The van der Waals surface area contributed by atoms with Crippen molar-refractivity contribution in [1.29, 1.82) is 0 Å². The third-order valence-electron chi connectivity index (χ3n) is 4.51. The molecule has 0 aliphatic heterocycles. The largest absolute Gasteiger partial charge is 0.490 e. The molecule has 0 saturated carbocycles. The summed E-state index contributed by atoms with van der Waals surface area (Å²) in [6, 6.07) is 21.3. The van der Waals surface area contributed by atoms with Gasteiger partial charge in [0.15, 0.2) is 0 Å². The van der Waals surface area contributed by atoms with Gasteiger partial charge in [0.05, 0.1) is 23.4 Å². The van der Waals surface area contributed by atoms with Crippen molar-refractivity contribution in [2.45, 2.75) is 12.7 Å². The second kappa shape index (κ2) is 9.94. The highest BCUT2D eigenvalue weighted by atomic mass is 19.4. The lowest BCUT2D eigenvalue weighted by atomic mass is 10.1. The van der Waals surface area contributed by atoms with Crippen LogP contribution in [0.3, 0.4) is 0 Å². The zero-order valence-electron chi connectivity index (χ0n) is 17.4. The minimum absolute atomic E-state index is 0.0473. The summed E-state index contributed by atoms with van der Waals surface area (Å²) in [5.41, 5.74) is 3.29. The van der Waals surface area contributed by atoms with Crippen LogP contribution in [-0.4, -0.2) is 49.9 Å². The summed E-state index contributed by atoms with van der Waals surface area (Å²) < 4.78 is 33.5. The number of rotatable bonds is 4. The van der Waals surface area contributed by atoms with E-state index in [-0.39, 0.29) is 5.91 Å². The average molecular weight is 456 g/mol. The summed E-state index contributed by atoms with van der Waals surface area (Å²) in [6.07, 6.45) is -1.52. The van der Waals surface area contributed by atoms with Crippen molar-refractivity contribution in [3.05, 3.63) is 90.4 Å². The molecule has 0 aliphatic carbocycles. The molecule has 0 fully saturated rings. The minimum Gasteiger partial charge on any atom is -0.475 e. The van der Waals surface area contributed by atoms with E-state index in [1.54, 1.807) is 22.8 Å². The van der Waals surface area contributed by atoms with Crippen LogP contribution in [0.15, 0.2) is 79.1 Å². The minimum atomic E-state index is -5.08. The lowest BCUT2D eigenvalue weighted by Crippen LogP contribution is -2.26. The van der Waals surface area contributed by atoms with Gasteiger partial charge >= 0.3 is 12.1 Å². The topological polar surface area (TPSA) is 88.3 Å². The SMILES string of the molecule is CN(Cc1ccc2ccccc2n1)C(=O)c1cccc(-n2cccn2)c1.O=C(O)C(F)(F)F. The zero-order chi connectivity index (χ0) is 24.0. The molecular weight excluding hydrogens is 437 g/mol.